The van der Waals surface area contributed by atoms with Gasteiger partial charge in [0.15, 0.2) is 23.6 Å². The maximum atomic E-state index is 12.2. The van der Waals surface area contributed by atoms with Crippen LogP contribution in [0.4, 0.5) is 5.82 Å². The average molecular weight is 385 g/mol. The fourth-order valence-corrected chi connectivity index (χ4v) is 3.04. The van der Waals surface area contributed by atoms with Gasteiger partial charge in [-0.1, -0.05) is 18.2 Å². The highest BCUT2D eigenvalue weighted by atomic mass is 16.5. The van der Waals surface area contributed by atoms with Crippen molar-refractivity contribution in [3.8, 4) is 5.75 Å². The SMILES string of the molecule is O=C(COc1ccccc1)Nc1ncnc2c1ncn2C1CC(O)C(CO)O1. The van der Waals surface area contributed by atoms with Gasteiger partial charge in [-0.25, -0.2) is 15.0 Å². The van der Waals surface area contributed by atoms with Gasteiger partial charge in [-0.05, 0) is 12.1 Å². The number of hydrogen-bond acceptors (Lipinski definition) is 8. The minimum Gasteiger partial charge on any atom is -0.484 e. The van der Waals surface area contributed by atoms with Crippen LogP contribution < -0.4 is 10.1 Å². The number of aliphatic hydroxyl groups is 2. The predicted molar refractivity (Wildman–Crippen MR) is 97.5 cm³/mol. The number of benzene rings is 1. The maximum absolute atomic E-state index is 12.2. The molecule has 3 N–H and O–H groups in total. The Labute approximate surface area is 159 Å². The van der Waals surface area contributed by atoms with Crippen molar-refractivity contribution < 1.29 is 24.5 Å². The van der Waals surface area contributed by atoms with Crippen LogP contribution in [0.3, 0.4) is 0 Å². The van der Waals surface area contributed by atoms with Crippen LogP contribution in [-0.2, 0) is 9.53 Å². The second-order valence-electron chi connectivity index (χ2n) is 6.31. The Morgan fingerprint density at radius 2 is 2.11 bits per heavy atom. The molecule has 1 aliphatic heterocycles. The predicted octanol–water partition coefficient (Wildman–Crippen LogP) is 0.484. The molecule has 3 aromatic rings. The van der Waals surface area contributed by atoms with Gasteiger partial charge in [0.1, 0.15) is 24.4 Å². The highest BCUT2D eigenvalue weighted by molar-refractivity contribution is 5.97. The van der Waals surface area contributed by atoms with Crippen LogP contribution in [0.15, 0.2) is 43.0 Å². The number of nitrogens with one attached hydrogen (secondary N) is 1. The highest BCUT2D eigenvalue weighted by Crippen LogP contribution is 2.31. The summed E-state index contributed by atoms with van der Waals surface area (Å²) >= 11 is 0. The van der Waals surface area contributed by atoms with Crippen LogP contribution in [0.1, 0.15) is 12.6 Å². The van der Waals surface area contributed by atoms with Crippen molar-refractivity contribution in [2.45, 2.75) is 24.9 Å². The third-order valence-electron chi connectivity index (χ3n) is 4.42. The number of ether oxygens (including phenoxy) is 2. The molecule has 3 atom stereocenters. The van der Waals surface area contributed by atoms with E-state index in [9.17, 15) is 15.0 Å². The van der Waals surface area contributed by atoms with Gasteiger partial charge in [0.25, 0.3) is 5.91 Å². The molecule has 1 aliphatic rings. The Kier molecular flexibility index (Phi) is 5.15. The molecule has 146 valence electrons. The van der Waals surface area contributed by atoms with E-state index in [-0.39, 0.29) is 24.9 Å². The standard InChI is InChI=1S/C18H19N5O5/c24-7-13-12(25)6-15(28-13)23-10-21-16-17(19-9-20-18(16)23)22-14(26)8-27-11-4-2-1-3-5-11/h1-5,9-10,12-13,15,24-25H,6-8H2,(H,19,20,22,26). The average Bonchev–Trinajstić information content (AvgIpc) is 3.31. The number of rotatable bonds is 6. The van der Waals surface area contributed by atoms with E-state index in [0.717, 1.165) is 0 Å². The summed E-state index contributed by atoms with van der Waals surface area (Å²) in [4.78, 5) is 24.8. The monoisotopic (exact) mass is 385 g/mol. The van der Waals surface area contributed by atoms with Crippen LogP contribution in [0.25, 0.3) is 11.2 Å². The Morgan fingerprint density at radius 3 is 2.86 bits per heavy atom. The molecular weight excluding hydrogens is 366 g/mol. The first kappa shape index (κ1) is 18.3. The zero-order valence-electron chi connectivity index (χ0n) is 14.8. The molecule has 0 spiro atoms. The minimum atomic E-state index is -0.774. The van der Waals surface area contributed by atoms with E-state index in [1.165, 1.54) is 12.7 Å². The lowest BCUT2D eigenvalue weighted by Crippen LogP contribution is -2.24. The van der Waals surface area contributed by atoms with Crippen molar-refractivity contribution in [2.24, 2.45) is 0 Å². The van der Waals surface area contributed by atoms with Crippen LogP contribution in [0.5, 0.6) is 5.75 Å². The summed E-state index contributed by atoms with van der Waals surface area (Å²) in [7, 11) is 0. The summed E-state index contributed by atoms with van der Waals surface area (Å²) in [6, 6.07) is 9.01. The van der Waals surface area contributed by atoms with Gasteiger partial charge in [-0.3, -0.25) is 9.36 Å². The van der Waals surface area contributed by atoms with E-state index < -0.39 is 18.4 Å². The molecule has 0 bridgehead atoms. The van der Waals surface area contributed by atoms with Gasteiger partial charge >= 0.3 is 0 Å². The first-order valence-corrected chi connectivity index (χ1v) is 8.75. The van der Waals surface area contributed by atoms with Crippen LogP contribution >= 0.6 is 0 Å². The zero-order valence-corrected chi connectivity index (χ0v) is 14.8. The van der Waals surface area contributed by atoms with Gasteiger partial charge in [0, 0.05) is 6.42 Å². The lowest BCUT2D eigenvalue weighted by Gasteiger charge is -2.13. The number of aliphatic hydroxyl groups excluding tert-OH is 2. The molecule has 4 rings (SSSR count). The number of para-hydroxylation sites is 1. The second-order valence-corrected chi connectivity index (χ2v) is 6.31. The Balaban J connectivity index is 1.48. The molecule has 1 saturated heterocycles. The summed E-state index contributed by atoms with van der Waals surface area (Å²) in [6.07, 6.45) is 1.17. The molecule has 1 aromatic carbocycles. The molecule has 28 heavy (non-hydrogen) atoms. The zero-order chi connectivity index (χ0) is 19.5. The molecule has 3 unspecified atom stereocenters. The number of nitrogens with zero attached hydrogens (tertiary/aromatic N) is 4. The molecule has 10 heteroatoms. The van der Waals surface area contributed by atoms with Gasteiger partial charge in [0.05, 0.1) is 19.0 Å². The van der Waals surface area contributed by atoms with Gasteiger partial charge in [-0.15, -0.1) is 0 Å². The molecule has 1 fully saturated rings. The minimum absolute atomic E-state index is 0.174. The fourth-order valence-electron chi connectivity index (χ4n) is 3.04. The third-order valence-corrected chi connectivity index (χ3v) is 4.42. The lowest BCUT2D eigenvalue weighted by atomic mass is 10.2. The molecule has 3 heterocycles. The lowest BCUT2D eigenvalue weighted by molar-refractivity contribution is -0.118. The molecule has 2 aromatic heterocycles. The van der Waals surface area contributed by atoms with Crippen molar-refractivity contribution in [2.75, 3.05) is 18.5 Å². The number of imidazole rings is 1. The van der Waals surface area contributed by atoms with Crippen molar-refractivity contribution in [1.29, 1.82) is 0 Å². The molecule has 10 nitrogen and oxygen atoms in total. The molecule has 1 amide bonds. The summed E-state index contributed by atoms with van der Waals surface area (Å²) in [5.74, 6) is 0.457. The first-order chi connectivity index (χ1) is 13.7. The van der Waals surface area contributed by atoms with Crippen molar-refractivity contribution in [3.63, 3.8) is 0 Å². The van der Waals surface area contributed by atoms with E-state index >= 15 is 0 Å². The molecule has 0 saturated carbocycles. The fraction of sp³-hybridized carbons (Fsp3) is 0.333. The van der Waals surface area contributed by atoms with Crippen LogP contribution in [0.2, 0.25) is 0 Å². The van der Waals surface area contributed by atoms with E-state index in [2.05, 4.69) is 20.3 Å². The topological polar surface area (TPSA) is 132 Å². The Morgan fingerprint density at radius 1 is 1.29 bits per heavy atom. The number of aromatic nitrogens is 4. The molecule has 0 aliphatic carbocycles. The van der Waals surface area contributed by atoms with E-state index in [1.807, 2.05) is 18.2 Å². The summed E-state index contributed by atoms with van der Waals surface area (Å²) < 4.78 is 12.7. The summed E-state index contributed by atoms with van der Waals surface area (Å²) in [5.41, 5.74) is 0.839. The normalized spacial score (nSPS) is 21.7. The van der Waals surface area contributed by atoms with Gasteiger partial charge in [-0.2, -0.15) is 0 Å². The van der Waals surface area contributed by atoms with Gasteiger partial charge in [0.2, 0.25) is 0 Å². The number of anilines is 1. The van der Waals surface area contributed by atoms with Crippen molar-refractivity contribution in [3.05, 3.63) is 43.0 Å². The van der Waals surface area contributed by atoms with Crippen LogP contribution in [0, 0.1) is 0 Å². The van der Waals surface area contributed by atoms with Crippen LogP contribution in [-0.4, -0.2) is 61.1 Å². The maximum Gasteiger partial charge on any atom is 0.263 e. The van der Waals surface area contributed by atoms with E-state index in [0.29, 0.717) is 23.3 Å². The Hall–Kier alpha value is -3.08. The molecule has 0 radical (unpaired) electrons. The number of hydrogen-bond donors (Lipinski definition) is 3. The quantitative estimate of drug-likeness (QED) is 0.558. The second kappa shape index (κ2) is 7.89. The van der Waals surface area contributed by atoms with E-state index in [4.69, 9.17) is 9.47 Å². The number of fused-ring (bicyclic) bond motifs is 1. The van der Waals surface area contributed by atoms with E-state index in [1.54, 1.807) is 16.7 Å². The summed E-state index contributed by atoms with van der Waals surface area (Å²) in [6.45, 7) is -0.450. The highest BCUT2D eigenvalue weighted by Gasteiger charge is 2.35. The largest absolute Gasteiger partial charge is 0.484 e. The van der Waals surface area contributed by atoms with Crippen molar-refractivity contribution in [1.82, 2.24) is 19.5 Å². The molecular formula is C18H19N5O5. The van der Waals surface area contributed by atoms with Gasteiger partial charge < -0.3 is 25.0 Å². The first-order valence-electron chi connectivity index (χ1n) is 8.75. The smallest absolute Gasteiger partial charge is 0.263 e. The van der Waals surface area contributed by atoms with Crippen molar-refractivity contribution >= 4 is 22.9 Å². The Bertz CT molecular complexity index is 963. The number of carbonyl (C=O) groups is 1. The third kappa shape index (κ3) is 3.65. The number of carbonyl (C=O) groups excluding carboxylic acids is 1. The number of amides is 1. The summed E-state index contributed by atoms with van der Waals surface area (Å²) in [5, 5.41) is 21.8.